The molecule has 6 heteroatoms. The smallest absolute Gasteiger partial charge is 0.252 e. The summed E-state index contributed by atoms with van der Waals surface area (Å²) in [5.74, 6) is -0.372. The Balaban J connectivity index is 1.89. The fourth-order valence-electron chi connectivity index (χ4n) is 2.88. The topological polar surface area (TPSA) is 58.2 Å². The van der Waals surface area contributed by atoms with Gasteiger partial charge in [-0.3, -0.25) is 14.7 Å². The average molecular weight is 341 g/mol. The van der Waals surface area contributed by atoms with Gasteiger partial charge in [0.1, 0.15) is 5.82 Å². The maximum absolute atomic E-state index is 13.3. The van der Waals surface area contributed by atoms with E-state index in [1.165, 1.54) is 12.1 Å². The Hall–Kier alpha value is -2.57. The van der Waals surface area contributed by atoms with Crippen LogP contribution in [-0.2, 0) is 11.3 Å². The fourth-order valence-corrected chi connectivity index (χ4v) is 2.88. The van der Waals surface area contributed by atoms with Crippen molar-refractivity contribution in [3.8, 4) is 0 Å². The molecule has 1 aromatic carbocycles. The number of ether oxygens (including phenoxy) is 1. The average Bonchev–Trinajstić information content (AvgIpc) is 2.61. The van der Waals surface area contributed by atoms with Gasteiger partial charge in [-0.15, -0.1) is 0 Å². The number of benzene rings is 1. The van der Waals surface area contributed by atoms with E-state index in [4.69, 9.17) is 4.74 Å². The summed E-state index contributed by atoms with van der Waals surface area (Å²) in [7, 11) is 3.56. The van der Waals surface area contributed by atoms with Gasteiger partial charge in [0.25, 0.3) is 5.56 Å². The maximum atomic E-state index is 13.3. The quantitative estimate of drug-likeness (QED) is 0.749. The number of hydrogen-bond acceptors (Lipinski definition) is 4. The van der Waals surface area contributed by atoms with E-state index in [9.17, 15) is 9.18 Å². The van der Waals surface area contributed by atoms with Crippen LogP contribution >= 0.6 is 0 Å². The third-order valence-corrected chi connectivity index (χ3v) is 4.19. The first-order valence-electron chi connectivity index (χ1n) is 8.00. The van der Waals surface area contributed by atoms with E-state index in [2.05, 4.69) is 9.97 Å². The molecule has 0 fully saturated rings. The minimum atomic E-state index is -0.372. The van der Waals surface area contributed by atoms with Gasteiger partial charge < -0.3 is 9.72 Å². The Morgan fingerprint density at radius 2 is 2.12 bits per heavy atom. The van der Waals surface area contributed by atoms with Crippen LogP contribution in [0.2, 0.25) is 0 Å². The largest absolute Gasteiger partial charge is 0.383 e. The molecule has 3 aromatic rings. The lowest BCUT2D eigenvalue weighted by Crippen LogP contribution is -2.30. The van der Waals surface area contributed by atoms with Gasteiger partial charge in [0.05, 0.1) is 23.9 Å². The van der Waals surface area contributed by atoms with Crippen LogP contribution in [0.3, 0.4) is 0 Å². The molecule has 3 rings (SSSR count). The minimum absolute atomic E-state index is 0.0745. The van der Waals surface area contributed by atoms with Crippen molar-refractivity contribution in [2.75, 3.05) is 20.8 Å². The van der Waals surface area contributed by atoms with E-state index < -0.39 is 0 Å². The Morgan fingerprint density at radius 3 is 2.84 bits per heavy atom. The van der Waals surface area contributed by atoms with Gasteiger partial charge in [-0.05, 0) is 48.8 Å². The van der Waals surface area contributed by atoms with E-state index in [0.29, 0.717) is 24.2 Å². The molecule has 2 heterocycles. The molecule has 0 spiro atoms. The zero-order valence-corrected chi connectivity index (χ0v) is 14.2. The van der Waals surface area contributed by atoms with Crippen molar-refractivity contribution in [3.63, 3.8) is 0 Å². The van der Waals surface area contributed by atoms with Crippen molar-refractivity contribution in [3.05, 3.63) is 76.1 Å². The number of halogens is 1. The standard InChI is InChI=1S/C19H20FN3O2/c1-23(18(12-25-2)16-5-3-4-8-21-16)11-14-9-13-6-7-15(20)10-17(13)22-19(14)24/h3-10,18H,11-12H2,1-2H3,(H,22,24). The van der Waals surface area contributed by atoms with Gasteiger partial charge in [0, 0.05) is 25.4 Å². The number of fused-ring (bicyclic) bond motifs is 1. The first-order chi connectivity index (χ1) is 12.1. The van der Waals surface area contributed by atoms with Crippen LogP contribution in [-0.4, -0.2) is 35.6 Å². The first-order valence-corrected chi connectivity index (χ1v) is 8.00. The molecule has 0 radical (unpaired) electrons. The molecule has 0 saturated carbocycles. The van der Waals surface area contributed by atoms with Gasteiger partial charge in [-0.2, -0.15) is 0 Å². The molecular weight excluding hydrogens is 321 g/mol. The van der Waals surface area contributed by atoms with E-state index in [1.807, 2.05) is 30.1 Å². The SMILES string of the molecule is COCC(c1ccccn1)N(C)Cc1cc2ccc(F)cc2[nH]c1=O. The van der Waals surface area contributed by atoms with E-state index >= 15 is 0 Å². The molecule has 5 nitrogen and oxygen atoms in total. The van der Waals surface area contributed by atoms with Crippen molar-refractivity contribution in [1.29, 1.82) is 0 Å². The lowest BCUT2D eigenvalue weighted by atomic mass is 10.1. The number of aromatic amines is 1. The van der Waals surface area contributed by atoms with Gasteiger partial charge >= 0.3 is 0 Å². The number of H-pyrrole nitrogens is 1. The van der Waals surface area contributed by atoms with Gasteiger partial charge in [-0.1, -0.05) is 6.07 Å². The van der Waals surface area contributed by atoms with E-state index in [0.717, 1.165) is 11.1 Å². The second-order valence-corrected chi connectivity index (χ2v) is 6.00. The summed E-state index contributed by atoms with van der Waals surface area (Å²) in [6.45, 7) is 0.886. The molecule has 0 saturated heterocycles. The van der Waals surface area contributed by atoms with Crippen LogP contribution < -0.4 is 5.56 Å². The third-order valence-electron chi connectivity index (χ3n) is 4.19. The second-order valence-electron chi connectivity index (χ2n) is 6.00. The highest BCUT2D eigenvalue weighted by Gasteiger charge is 2.19. The summed E-state index contributed by atoms with van der Waals surface area (Å²) in [5, 5.41) is 0.797. The third kappa shape index (κ3) is 3.92. The van der Waals surface area contributed by atoms with Crippen molar-refractivity contribution in [1.82, 2.24) is 14.9 Å². The lowest BCUT2D eigenvalue weighted by Gasteiger charge is -2.27. The van der Waals surface area contributed by atoms with Crippen molar-refractivity contribution in [2.24, 2.45) is 0 Å². The first kappa shape index (κ1) is 17.3. The predicted octanol–water partition coefficient (Wildman–Crippen LogP) is 2.88. The molecular formula is C19H20FN3O2. The molecule has 130 valence electrons. The number of likely N-dealkylation sites (N-methyl/N-ethyl adjacent to an activating group) is 1. The normalized spacial score (nSPS) is 12.6. The highest BCUT2D eigenvalue weighted by atomic mass is 19.1. The summed E-state index contributed by atoms with van der Waals surface area (Å²) in [4.78, 5) is 21.5. The Bertz CT molecular complexity index is 911. The molecule has 1 N–H and O–H groups in total. The van der Waals surface area contributed by atoms with Crippen LogP contribution in [0.15, 0.2) is 53.5 Å². The van der Waals surface area contributed by atoms with Gasteiger partial charge in [0.15, 0.2) is 0 Å². The van der Waals surface area contributed by atoms with Crippen LogP contribution in [0, 0.1) is 5.82 Å². The monoisotopic (exact) mass is 341 g/mol. The Morgan fingerprint density at radius 1 is 1.28 bits per heavy atom. The second kappa shape index (κ2) is 7.55. The molecule has 0 aliphatic rings. The number of hydrogen-bond donors (Lipinski definition) is 1. The number of methoxy groups -OCH3 is 1. The van der Waals surface area contributed by atoms with Crippen LogP contribution in [0.4, 0.5) is 4.39 Å². The number of nitrogens with one attached hydrogen (secondary N) is 1. The molecule has 0 bridgehead atoms. The molecule has 0 amide bonds. The van der Waals surface area contributed by atoms with E-state index in [1.54, 1.807) is 25.4 Å². The van der Waals surface area contributed by atoms with Crippen molar-refractivity contribution < 1.29 is 9.13 Å². The zero-order chi connectivity index (χ0) is 17.8. The summed E-state index contributed by atoms with van der Waals surface area (Å²) in [5.41, 5.74) is 1.77. The number of pyridine rings is 2. The number of nitrogens with zero attached hydrogens (tertiary/aromatic N) is 2. The predicted molar refractivity (Wildman–Crippen MR) is 94.8 cm³/mol. The number of rotatable bonds is 6. The molecule has 0 aliphatic heterocycles. The van der Waals surface area contributed by atoms with E-state index in [-0.39, 0.29) is 17.4 Å². The molecule has 2 aromatic heterocycles. The minimum Gasteiger partial charge on any atom is -0.383 e. The summed E-state index contributed by atoms with van der Waals surface area (Å²) >= 11 is 0. The molecule has 1 unspecified atom stereocenters. The van der Waals surface area contributed by atoms with Crippen LogP contribution in [0.5, 0.6) is 0 Å². The lowest BCUT2D eigenvalue weighted by molar-refractivity contribution is 0.0998. The molecule has 25 heavy (non-hydrogen) atoms. The molecule has 0 aliphatic carbocycles. The van der Waals surface area contributed by atoms with Crippen LogP contribution in [0.1, 0.15) is 17.3 Å². The highest BCUT2D eigenvalue weighted by Crippen LogP contribution is 2.20. The summed E-state index contributed by atoms with van der Waals surface area (Å²) in [6, 6.07) is 11.8. The number of aromatic nitrogens is 2. The highest BCUT2D eigenvalue weighted by molar-refractivity contribution is 5.78. The van der Waals surface area contributed by atoms with Gasteiger partial charge in [0.2, 0.25) is 0 Å². The fraction of sp³-hybridized carbons (Fsp3) is 0.263. The Labute approximate surface area is 145 Å². The molecule has 1 atom stereocenters. The van der Waals surface area contributed by atoms with Crippen molar-refractivity contribution in [2.45, 2.75) is 12.6 Å². The Kier molecular flexibility index (Phi) is 5.21. The van der Waals surface area contributed by atoms with Crippen molar-refractivity contribution >= 4 is 10.9 Å². The maximum Gasteiger partial charge on any atom is 0.252 e. The zero-order valence-electron chi connectivity index (χ0n) is 14.2. The van der Waals surface area contributed by atoms with Crippen LogP contribution in [0.25, 0.3) is 10.9 Å². The summed E-state index contributed by atoms with van der Waals surface area (Å²) < 4.78 is 18.6. The van der Waals surface area contributed by atoms with Gasteiger partial charge in [-0.25, -0.2) is 4.39 Å². The summed E-state index contributed by atoms with van der Waals surface area (Å²) in [6.07, 6.45) is 1.74.